The molecule has 2 aromatic carbocycles. The van der Waals surface area contributed by atoms with Crippen LogP contribution in [0.1, 0.15) is 18.1 Å². The zero-order valence-electron chi connectivity index (χ0n) is 11.4. The van der Waals surface area contributed by atoms with Crippen LogP contribution in [0.2, 0.25) is 0 Å². The molecule has 0 aliphatic heterocycles. The van der Waals surface area contributed by atoms with Gasteiger partial charge in [-0.1, -0.05) is 42.5 Å². The lowest BCUT2D eigenvalue weighted by Gasteiger charge is -2.11. The molecule has 96 valence electrons. The highest BCUT2D eigenvalue weighted by Gasteiger charge is 2.05. The SMILES string of the molecule is CNC(C)Cc1ccc(-c2ccccc2C#N)cc1. The molecule has 0 bridgehead atoms. The molecular formula is C17H18N2. The summed E-state index contributed by atoms with van der Waals surface area (Å²) in [6, 6.07) is 18.9. The van der Waals surface area contributed by atoms with Gasteiger partial charge in [-0.05, 0) is 43.1 Å². The molecule has 0 saturated heterocycles. The van der Waals surface area contributed by atoms with Gasteiger partial charge in [-0.3, -0.25) is 0 Å². The van der Waals surface area contributed by atoms with E-state index in [1.165, 1.54) is 5.56 Å². The van der Waals surface area contributed by atoms with Crippen LogP contribution in [0.3, 0.4) is 0 Å². The number of hydrogen-bond acceptors (Lipinski definition) is 2. The van der Waals surface area contributed by atoms with Crippen LogP contribution < -0.4 is 5.32 Å². The molecule has 0 aliphatic rings. The van der Waals surface area contributed by atoms with E-state index in [4.69, 9.17) is 5.26 Å². The molecule has 0 aromatic heterocycles. The summed E-state index contributed by atoms with van der Waals surface area (Å²) in [5.74, 6) is 0. The standard InChI is InChI=1S/C17H18N2/c1-13(19-2)11-14-7-9-15(10-8-14)17-6-4-3-5-16(17)12-18/h3-10,13,19H,11H2,1-2H3. The fraction of sp³-hybridized carbons (Fsp3) is 0.235. The molecule has 0 amide bonds. The number of nitrogens with one attached hydrogen (secondary N) is 1. The fourth-order valence-electron chi connectivity index (χ4n) is 2.11. The zero-order valence-corrected chi connectivity index (χ0v) is 11.4. The van der Waals surface area contributed by atoms with E-state index in [1.54, 1.807) is 0 Å². The van der Waals surface area contributed by atoms with Gasteiger partial charge in [0.25, 0.3) is 0 Å². The van der Waals surface area contributed by atoms with Crippen LogP contribution in [-0.4, -0.2) is 13.1 Å². The monoisotopic (exact) mass is 250 g/mol. The summed E-state index contributed by atoms with van der Waals surface area (Å²) in [4.78, 5) is 0. The van der Waals surface area contributed by atoms with Crippen molar-refractivity contribution < 1.29 is 0 Å². The summed E-state index contributed by atoms with van der Waals surface area (Å²) < 4.78 is 0. The first-order valence-electron chi connectivity index (χ1n) is 6.50. The maximum absolute atomic E-state index is 9.13. The predicted octanol–water partition coefficient (Wildman–Crippen LogP) is 3.38. The van der Waals surface area contributed by atoms with Gasteiger partial charge in [0.1, 0.15) is 0 Å². The highest BCUT2D eigenvalue weighted by atomic mass is 14.8. The second-order valence-corrected chi connectivity index (χ2v) is 4.75. The summed E-state index contributed by atoms with van der Waals surface area (Å²) in [6.45, 7) is 2.17. The van der Waals surface area contributed by atoms with E-state index in [-0.39, 0.29) is 0 Å². The molecule has 2 aromatic rings. The Bertz CT molecular complexity index is 579. The van der Waals surface area contributed by atoms with E-state index in [2.05, 4.69) is 42.6 Å². The molecule has 0 aliphatic carbocycles. The van der Waals surface area contributed by atoms with Gasteiger partial charge in [0.2, 0.25) is 0 Å². The minimum Gasteiger partial charge on any atom is -0.317 e. The second kappa shape index (κ2) is 6.17. The zero-order chi connectivity index (χ0) is 13.7. The molecule has 0 spiro atoms. The minimum absolute atomic E-state index is 0.470. The van der Waals surface area contributed by atoms with E-state index in [0.29, 0.717) is 6.04 Å². The average molecular weight is 250 g/mol. The molecule has 2 rings (SSSR count). The Morgan fingerprint density at radius 3 is 2.42 bits per heavy atom. The fourth-order valence-corrected chi connectivity index (χ4v) is 2.11. The van der Waals surface area contributed by atoms with Gasteiger partial charge in [0.05, 0.1) is 11.6 Å². The first-order valence-corrected chi connectivity index (χ1v) is 6.50. The van der Waals surface area contributed by atoms with Crippen LogP contribution in [0.4, 0.5) is 0 Å². The topological polar surface area (TPSA) is 35.8 Å². The molecule has 0 heterocycles. The third-order valence-corrected chi connectivity index (χ3v) is 3.35. The highest BCUT2D eigenvalue weighted by molar-refractivity contribution is 5.70. The maximum atomic E-state index is 9.13. The largest absolute Gasteiger partial charge is 0.317 e. The van der Waals surface area contributed by atoms with Crippen molar-refractivity contribution >= 4 is 0 Å². The van der Waals surface area contributed by atoms with Crippen LogP contribution in [0.25, 0.3) is 11.1 Å². The minimum atomic E-state index is 0.470. The smallest absolute Gasteiger partial charge is 0.0998 e. The van der Waals surface area contributed by atoms with Crippen LogP contribution in [-0.2, 0) is 6.42 Å². The molecular weight excluding hydrogens is 232 g/mol. The first-order chi connectivity index (χ1) is 9.24. The summed E-state index contributed by atoms with van der Waals surface area (Å²) in [6.07, 6.45) is 1.01. The third-order valence-electron chi connectivity index (χ3n) is 3.35. The van der Waals surface area contributed by atoms with Crippen molar-refractivity contribution in [1.29, 1.82) is 5.26 Å². The quantitative estimate of drug-likeness (QED) is 0.903. The van der Waals surface area contributed by atoms with Gasteiger partial charge in [-0.15, -0.1) is 0 Å². The van der Waals surface area contributed by atoms with Gasteiger partial charge in [-0.25, -0.2) is 0 Å². The summed E-state index contributed by atoms with van der Waals surface area (Å²) in [7, 11) is 1.97. The Kier molecular flexibility index (Phi) is 4.33. The van der Waals surface area contributed by atoms with Crippen molar-refractivity contribution in [2.45, 2.75) is 19.4 Å². The van der Waals surface area contributed by atoms with Gasteiger partial charge >= 0.3 is 0 Å². The van der Waals surface area contributed by atoms with Crippen molar-refractivity contribution in [3.8, 4) is 17.2 Å². The van der Waals surface area contributed by atoms with Crippen molar-refractivity contribution in [2.24, 2.45) is 0 Å². The van der Waals surface area contributed by atoms with Gasteiger partial charge in [0.15, 0.2) is 0 Å². The summed E-state index contributed by atoms with van der Waals surface area (Å²) >= 11 is 0. The Morgan fingerprint density at radius 2 is 1.79 bits per heavy atom. The highest BCUT2D eigenvalue weighted by Crippen LogP contribution is 2.23. The first kappa shape index (κ1) is 13.3. The van der Waals surface area contributed by atoms with E-state index in [1.807, 2.05) is 31.3 Å². The number of benzene rings is 2. The third kappa shape index (κ3) is 3.21. The molecule has 0 saturated carbocycles. The predicted molar refractivity (Wildman–Crippen MR) is 78.8 cm³/mol. The Morgan fingerprint density at radius 1 is 1.11 bits per heavy atom. The van der Waals surface area contributed by atoms with Crippen LogP contribution >= 0.6 is 0 Å². The van der Waals surface area contributed by atoms with E-state index in [9.17, 15) is 0 Å². The second-order valence-electron chi connectivity index (χ2n) is 4.75. The summed E-state index contributed by atoms with van der Waals surface area (Å²) in [5, 5.41) is 12.4. The van der Waals surface area contributed by atoms with E-state index >= 15 is 0 Å². The molecule has 2 nitrogen and oxygen atoms in total. The van der Waals surface area contributed by atoms with Crippen molar-refractivity contribution in [2.75, 3.05) is 7.05 Å². The Hall–Kier alpha value is -2.11. The molecule has 19 heavy (non-hydrogen) atoms. The Balaban J connectivity index is 2.26. The lowest BCUT2D eigenvalue weighted by atomic mass is 9.98. The molecule has 1 atom stereocenters. The number of rotatable bonds is 4. The van der Waals surface area contributed by atoms with Gasteiger partial charge < -0.3 is 5.32 Å². The van der Waals surface area contributed by atoms with E-state index < -0.39 is 0 Å². The molecule has 1 unspecified atom stereocenters. The lowest BCUT2D eigenvalue weighted by Crippen LogP contribution is -2.23. The average Bonchev–Trinajstić information content (AvgIpc) is 2.48. The van der Waals surface area contributed by atoms with Gasteiger partial charge in [0, 0.05) is 6.04 Å². The molecule has 2 heteroatoms. The lowest BCUT2D eigenvalue weighted by molar-refractivity contribution is 0.608. The number of nitrogens with zero attached hydrogens (tertiary/aromatic N) is 1. The van der Waals surface area contributed by atoms with E-state index in [0.717, 1.165) is 23.1 Å². The van der Waals surface area contributed by atoms with Crippen molar-refractivity contribution in [3.05, 3.63) is 59.7 Å². The van der Waals surface area contributed by atoms with Crippen molar-refractivity contribution in [1.82, 2.24) is 5.32 Å². The maximum Gasteiger partial charge on any atom is 0.0998 e. The van der Waals surface area contributed by atoms with Crippen molar-refractivity contribution in [3.63, 3.8) is 0 Å². The number of likely N-dealkylation sites (N-methyl/N-ethyl adjacent to an activating group) is 1. The summed E-state index contributed by atoms with van der Waals surface area (Å²) in [5.41, 5.74) is 4.12. The normalized spacial score (nSPS) is 11.8. The van der Waals surface area contributed by atoms with Crippen LogP contribution in [0, 0.1) is 11.3 Å². The molecule has 1 N–H and O–H groups in total. The van der Waals surface area contributed by atoms with Crippen LogP contribution in [0.5, 0.6) is 0 Å². The Labute approximate surface area is 114 Å². The van der Waals surface area contributed by atoms with Crippen LogP contribution in [0.15, 0.2) is 48.5 Å². The number of nitriles is 1. The number of hydrogen-bond donors (Lipinski definition) is 1. The molecule has 0 fully saturated rings. The molecule has 0 radical (unpaired) electrons. The van der Waals surface area contributed by atoms with Gasteiger partial charge in [-0.2, -0.15) is 5.26 Å².